The average molecular weight is 659 g/mol. The fourth-order valence-electron chi connectivity index (χ4n) is 7.65. The predicted octanol–water partition coefficient (Wildman–Crippen LogP) is 5.17. The second-order valence-electron chi connectivity index (χ2n) is 13.3. The van der Waals surface area contributed by atoms with Gasteiger partial charge in [-0.15, -0.1) is 0 Å². The lowest BCUT2D eigenvalue weighted by atomic mass is 9.89. The molecule has 1 atom stereocenters. The van der Waals surface area contributed by atoms with E-state index in [1.165, 1.54) is 32.2 Å². The van der Waals surface area contributed by atoms with Crippen LogP contribution in [0.5, 0.6) is 5.75 Å². The van der Waals surface area contributed by atoms with E-state index in [0.717, 1.165) is 64.0 Å². The van der Waals surface area contributed by atoms with Gasteiger partial charge in [-0.05, 0) is 65.0 Å². The average Bonchev–Trinajstić information content (AvgIpc) is 3.53. The summed E-state index contributed by atoms with van der Waals surface area (Å²) in [6.07, 6.45) is 9.06. The van der Waals surface area contributed by atoms with Gasteiger partial charge < -0.3 is 25.2 Å². The van der Waals surface area contributed by atoms with Crippen molar-refractivity contribution in [1.82, 2.24) is 34.6 Å². The van der Waals surface area contributed by atoms with Crippen LogP contribution in [0.1, 0.15) is 94.0 Å². The summed E-state index contributed by atoms with van der Waals surface area (Å²) in [5.74, 6) is 0.125. The van der Waals surface area contributed by atoms with Crippen LogP contribution in [-0.2, 0) is 0 Å². The van der Waals surface area contributed by atoms with Crippen molar-refractivity contribution in [3.05, 3.63) is 47.4 Å². The van der Waals surface area contributed by atoms with Gasteiger partial charge in [-0.25, -0.2) is 14.4 Å². The zero-order valence-electron chi connectivity index (χ0n) is 28.7. The number of halogens is 1. The Morgan fingerprint density at radius 3 is 2.52 bits per heavy atom. The van der Waals surface area contributed by atoms with Gasteiger partial charge >= 0.3 is 0 Å². The number of piperazine rings is 1. The minimum atomic E-state index is -0.658. The van der Waals surface area contributed by atoms with Gasteiger partial charge in [0.25, 0.3) is 5.91 Å². The van der Waals surface area contributed by atoms with Crippen LogP contribution in [0.4, 0.5) is 21.8 Å². The van der Waals surface area contributed by atoms with E-state index in [4.69, 9.17) is 9.72 Å². The van der Waals surface area contributed by atoms with Crippen LogP contribution in [0.15, 0.2) is 24.7 Å². The van der Waals surface area contributed by atoms with E-state index in [-0.39, 0.29) is 29.6 Å². The molecule has 2 N–H and O–H groups in total. The third-order valence-corrected chi connectivity index (χ3v) is 10.0. The Morgan fingerprint density at radius 1 is 1.12 bits per heavy atom. The molecule has 0 spiro atoms. The maximum atomic E-state index is 15.6. The van der Waals surface area contributed by atoms with E-state index in [1.807, 2.05) is 4.57 Å². The number of nitrogens with zero attached hydrogens (tertiary/aromatic N) is 8. The van der Waals surface area contributed by atoms with Crippen molar-refractivity contribution < 1.29 is 13.9 Å². The van der Waals surface area contributed by atoms with Crippen molar-refractivity contribution in [1.29, 1.82) is 5.26 Å². The Hall–Kier alpha value is -4.28. The van der Waals surface area contributed by atoms with E-state index in [0.29, 0.717) is 34.7 Å². The Kier molecular flexibility index (Phi) is 10.1. The molecule has 3 aromatic rings. The molecule has 2 aliphatic heterocycles. The highest BCUT2D eigenvalue weighted by molar-refractivity contribution is 5.96. The Morgan fingerprint density at radius 2 is 1.88 bits per heavy atom. The lowest BCUT2D eigenvalue weighted by Crippen LogP contribution is -2.52. The van der Waals surface area contributed by atoms with Crippen LogP contribution in [0, 0.1) is 17.1 Å². The fourth-order valence-corrected chi connectivity index (χ4v) is 7.65. The number of nitriles is 1. The van der Waals surface area contributed by atoms with Crippen LogP contribution >= 0.6 is 0 Å². The monoisotopic (exact) mass is 658 g/mol. The molecule has 3 aliphatic rings. The summed E-state index contributed by atoms with van der Waals surface area (Å²) in [7, 11) is 1.48. The minimum Gasteiger partial charge on any atom is -0.495 e. The first-order valence-corrected chi connectivity index (χ1v) is 17.3. The molecule has 2 fully saturated rings. The van der Waals surface area contributed by atoms with Gasteiger partial charge in [0.15, 0.2) is 11.5 Å². The molecular formula is C35H47FN10O2. The number of anilines is 3. The maximum absolute atomic E-state index is 15.6. The summed E-state index contributed by atoms with van der Waals surface area (Å²) in [4.78, 5) is 34.3. The highest BCUT2D eigenvalue weighted by Crippen LogP contribution is 2.42. The number of benzene rings is 1. The highest BCUT2D eigenvalue weighted by atomic mass is 19.1. The zero-order chi connectivity index (χ0) is 33.9. The van der Waals surface area contributed by atoms with Crippen LogP contribution in [0.3, 0.4) is 0 Å². The summed E-state index contributed by atoms with van der Waals surface area (Å²) in [6, 6.07) is 5.41. The summed E-state index contributed by atoms with van der Waals surface area (Å²) < 4.78 is 23.0. The van der Waals surface area contributed by atoms with E-state index < -0.39 is 11.7 Å². The van der Waals surface area contributed by atoms with Gasteiger partial charge in [-0.1, -0.05) is 13.8 Å². The summed E-state index contributed by atoms with van der Waals surface area (Å²) in [5.41, 5.74) is 2.15. The lowest BCUT2D eigenvalue weighted by molar-refractivity contribution is 0.0711. The van der Waals surface area contributed by atoms with Crippen molar-refractivity contribution in [3.8, 4) is 17.5 Å². The molecule has 1 aliphatic carbocycles. The molecule has 48 heavy (non-hydrogen) atoms. The molecule has 1 unspecified atom stereocenters. The number of imidazole rings is 1. The van der Waals surface area contributed by atoms with E-state index in [2.05, 4.69) is 69.1 Å². The molecule has 4 heterocycles. The van der Waals surface area contributed by atoms with Crippen molar-refractivity contribution in [2.24, 2.45) is 0 Å². The van der Waals surface area contributed by atoms with Crippen LogP contribution < -0.4 is 20.3 Å². The third-order valence-electron chi connectivity index (χ3n) is 10.0. The number of aromatic nitrogens is 4. The molecule has 6 rings (SSSR count). The largest absolute Gasteiger partial charge is 0.495 e. The number of nitrogens with one attached hydrogen (secondary N) is 2. The molecule has 0 bridgehead atoms. The van der Waals surface area contributed by atoms with Crippen LogP contribution in [0.25, 0.3) is 5.69 Å². The molecular weight excluding hydrogens is 611 g/mol. The molecule has 13 heteroatoms. The fraction of sp³-hybridized carbons (Fsp3) is 0.571. The molecule has 1 amide bonds. The van der Waals surface area contributed by atoms with E-state index in [9.17, 15) is 10.1 Å². The summed E-state index contributed by atoms with van der Waals surface area (Å²) >= 11 is 0. The second-order valence-corrected chi connectivity index (χ2v) is 13.3. The third kappa shape index (κ3) is 6.56. The normalized spacial score (nSPS) is 21.4. The smallest absolute Gasteiger partial charge is 0.254 e. The SMILES string of the molecule is CCCN1CCN(C2CCC(NC(=O)c3cc(OC)c(Nc4ncc5c(n4)N(C(C)C)C(CC)c4c(C#N)ncn4-5)cc3F)CC2)CC1. The molecule has 0 radical (unpaired) electrons. The summed E-state index contributed by atoms with van der Waals surface area (Å²) in [5, 5.41) is 15.9. The van der Waals surface area contributed by atoms with Gasteiger partial charge in [-0.3, -0.25) is 14.3 Å². The summed E-state index contributed by atoms with van der Waals surface area (Å²) in [6.45, 7) is 14.1. The zero-order valence-corrected chi connectivity index (χ0v) is 28.7. The number of hydrogen-bond acceptors (Lipinski definition) is 10. The molecule has 12 nitrogen and oxygen atoms in total. The van der Waals surface area contributed by atoms with Crippen molar-refractivity contribution in [3.63, 3.8) is 0 Å². The molecule has 1 saturated carbocycles. The van der Waals surface area contributed by atoms with Gasteiger partial charge in [0.05, 0.1) is 36.3 Å². The Labute approximate surface area is 282 Å². The van der Waals surface area contributed by atoms with Crippen LogP contribution in [-0.4, -0.2) is 93.2 Å². The first-order valence-electron chi connectivity index (χ1n) is 17.3. The standard InChI is InChI=1S/C35H47FN10O2/c1-6-12-43-13-15-44(16-14-43)24-10-8-23(9-11-24)40-34(47)25-17-31(48-5)27(18-26(25)36)41-35-38-20-30-33(42-35)46(22(3)4)29(7-2)32-28(19-37)39-21-45(30)32/h17-18,20-24,29H,6-16H2,1-5H3,(H,40,47)(H,38,41,42). The second kappa shape index (κ2) is 14.5. The Bertz CT molecular complexity index is 1650. The van der Waals surface area contributed by atoms with Crippen molar-refractivity contribution >= 4 is 23.4 Å². The number of methoxy groups -OCH3 is 1. The molecule has 1 saturated heterocycles. The van der Waals surface area contributed by atoms with Gasteiger partial charge in [0.2, 0.25) is 5.95 Å². The molecule has 1 aromatic carbocycles. The topological polar surface area (TPSA) is 127 Å². The number of fused-ring (bicyclic) bond motifs is 3. The predicted molar refractivity (Wildman–Crippen MR) is 183 cm³/mol. The number of ether oxygens (including phenoxy) is 1. The number of amides is 1. The molecule has 2 aromatic heterocycles. The first-order chi connectivity index (χ1) is 23.3. The van der Waals surface area contributed by atoms with Crippen molar-refractivity contribution in [2.75, 3.05) is 50.1 Å². The van der Waals surface area contributed by atoms with Gasteiger partial charge in [0, 0.05) is 50.4 Å². The molecule has 256 valence electrons. The highest BCUT2D eigenvalue weighted by Gasteiger charge is 2.36. The minimum absolute atomic E-state index is 0.0123. The quantitative estimate of drug-likeness (QED) is 0.301. The van der Waals surface area contributed by atoms with Gasteiger partial charge in [-0.2, -0.15) is 10.2 Å². The number of hydrogen-bond donors (Lipinski definition) is 2. The Balaban J connectivity index is 1.14. The number of rotatable bonds is 10. The van der Waals surface area contributed by atoms with Gasteiger partial charge in [0.1, 0.15) is 29.7 Å². The maximum Gasteiger partial charge on any atom is 0.254 e. The van der Waals surface area contributed by atoms with E-state index >= 15 is 4.39 Å². The first kappa shape index (κ1) is 33.6. The van der Waals surface area contributed by atoms with Crippen molar-refractivity contribution in [2.45, 2.75) is 90.4 Å². The number of carbonyl (C=O) groups excluding carboxylic acids is 1. The number of carbonyl (C=O) groups is 1. The lowest BCUT2D eigenvalue weighted by Gasteiger charge is -2.42. The van der Waals surface area contributed by atoms with Crippen LogP contribution in [0.2, 0.25) is 0 Å². The van der Waals surface area contributed by atoms with E-state index in [1.54, 1.807) is 12.5 Å².